The van der Waals surface area contributed by atoms with E-state index in [1.54, 1.807) is 7.11 Å². The molecule has 4 N–H and O–H groups in total. The Hall–Kier alpha value is -1.64. The molecular formula is C18H30N4O+2. The van der Waals surface area contributed by atoms with E-state index in [1.807, 2.05) is 13.0 Å². The molecule has 0 aromatic carbocycles. The molecule has 0 spiro atoms. The van der Waals surface area contributed by atoms with Crippen LogP contribution in [0.2, 0.25) is 0 Å². The molecule has 1 aromatic heterocycles. The van der Waals surface area contributed by atoms with Crippen LogP contribution in [-0.2, 0) is 11.3 Å². The number of aromatic amines is 1. The first kappa shape index (κ1) is 17.7. The van der Waals surface area contributed by atoms with Gasteiger partial charge in [0.2, 0.25) is 0 Å². The Morgan fingerprint density at radius 3 is 2.48 bits per heavy atom. The summed E-state index contributed by atoms with van der Waals surface area (Å²) >= 11 is 0. The third kappa shape index (κ3) is 4.43. The number of H-pyrrole nitrogens is 1. The fourth-order valence-electron chi connectivity index (χ4n) is 4.12. The van der Waals surface area contributed by atoms with E-state index in [4.69, 9.17) is 4.74 Å². The number of aromatic nitrogens is 1. The molecule has 0 aliphatic carbocycles. The standard InChI is InChI=1S/C18H28N4O/c1-12-7-13(11-23-6)15(10-19)16(20-12)21-14-8-17(2,3)22-18(4,5)9-14/h7,14,22H,8-9,11H2,1-6H3,(H,20,21)/p+2. The van der Waals surface area contributed by atoms with Crippen LogP contribution in [0.1, 0.15) is 57.4 Å². The van der Waals surface area contributed by atoms with Gasteiger partial charge in [-0.2, -0.15) is 5.26 Å². The van der Waals surface area contributed by atoms with Gasteiger partial charge in [-0.25, -0.2) is 4.98 Å². The van der Waals surface area contributed by atoms with Gasteiger partial charge in [-0.1, -0.05) is 0 Å². The van der Waals surface area contributed by atoms with Gasteiger partial charge in [0, 0.05) is 25.5 Å². The first-order valence-electron chi connectivity index (χ1n) is 8.24. The number of anilines is 1. The summed E-state index contributed by atoms with van der Waals surface area (Å²) in [5.74, 6) is 0.818. The zero-order valence-electron chi connectivity index (χ0n) is 15.2. The molecule has 0 radical (unpaired) electrons. The van der Waals surface area contributed by atoms with Crippen molar-refractivity contribution in [3.8, 4) is 6.07 Å². The van der Waals surface area contributed by atoms with Crippen molar-refractivity contribution in [1.29, 1.82) is 5.26 Å². The lowest BCUT2D eigenvalue weighted by molar-refractivity contribution is -0.787. The fraction of sp³-hybridized carbons (Fsp3) is 0.667. The lowest BCUT2D eigenvalue weighted by Crippen LogP contribution is -3.06. The average Bonchev–Trinajstić information content (AvgIpc) is 2.34. The van der Waals surface area contributed by atoms with E-state index in [9.17, 15) is 5.26 Å². The molecular weight excluding hydrogens is 288 g/mol. The van der Waals surface area contributed by atoms with E-state index in [-0.39, 0.29) is 11.1 Å². The Bertz CT molecular complexity index is 600. The summed E-state index contributed by atoms with van der Waals surface area (Å²) in [4.78, 5) is 3.33. The quantitative estimate of drug-likeness (QED) is 0.884. The Labute approximate surface area is 139 Å². The lowest BCUT2D eigenvalue weighted by atomic mass is 9.79. The molecule has 126 valence electrons. The van der Waals surface area contributed by atoms with E-state index >= 15 is 0 Å². The van der Waals surface area contributed by atoms with Gasteiger partial charge in [-0.15, -0.1) is 0 Å². The predicted molar refractivity (Wildman–Crippen MR) is 89.9 cm³/mol. The number of piperidine rings is 1. The van der Waals surface area contributed by atoms with Gasteiger partial charge in [-0.3, -0.25) is 5.32 Å². The Balaban J connectivity index is 2.31. The first-order valence-corrected chi connectivity index (χ1v) is 8.24. The first-order chi connectivity index (χ1) is 10.7. The van der Waals surface area contributed by atoms with E-state index in [2.05, 4.69) is 49.4 Å². The van der Waals surface area contributed by atoms with Crippen LogP contribution < -0.4 is 15.6 Å². The Kier molecular flexibility index (Phi) is 4.98. The molecule has 0 saturated carbocycles. The normalized spacial score (nSPS) is 20.0. The van der Waals surface area contributed by atoms with Crippen molar-refractivity contribution in [2.45, 2.75) is 71.2 Å². The highest BCUT2D eigenvalue weighted by Gasteiger charge is 2.43. The summed E-state index contributed by atoms with van der Waals surface area (Å²) in [5, 5.41) is 15.6. The number of nitriles is 1. The van der Waals surface area contributed by atoms with Crippen molar-refractivity contribution in [2.24, 2.45) is 0 Å². The molecule has 1 aromatic rings. The molecule has 23 heavy (non-hydrogen) atoms. The summed E-state index contributed by atoms with van der Waals surface area (Å²) in [6.07, 6.45) is 2.12. The van der Waals surface area contributed by atoms with E-state index in [1.165, 1.54) is 0 Å². The molecule has 1 aliphatic rings. The van der Waals surface area contributed by atoms with Crippen molar-refractivity contribution >= 4 is 5.82 Å². The number of pyridine rings is 1. The molecule has 1 saturated heterocycles. The largest absolute Gasteiger partial charge is 0.380 e. The summed E-state index contributed by atoms with van der Waals surface area (Å²) in [6.45, 7) is 11.6. The molecule has 5 heteroatoms. The highest BCUT2D eigenvalue weighted by atomic mass is 16.5. The van der Waals surface area contributed by atoms with Crippen LogP contribution in [0.15, 0.2) is 6.07 Å². The van der Waals surface area contributed by atoms with Crippen LogP contribution in [0.5, 0.6) is 0 Å². The lowest BCUT2D eigenvalue weighted by Gasteiger charge is -2.41. The third-order valence-electron chi connectivity index (χ3n) is 4.37. The third-order valence-corrected chi connectivity index (χ3v) is 4.37. The molecule has 2 heterocycles. The Morgan fingerprint density at radius 1 is 1.35 bits per heavy atom. The van der Waals surface area contributed by atoms with Crippen molar-refractivity contribution < 1.29 is 15.0 Å². The molecule has 2 rings (SSSR count). The maximum atomic E-state index is 9.58. The van der Waals surface area contributed by atoms with Crippen LogP contribution in [0.3, 0.4) is 0 Å². The number of hydrogen-bond donors (Lipinski definition) is 2. The minimum Gasteiger partial charge on any atom is -0.380 e. The number of quaternary nitrogens is 1. The second kappa shape index (κ2) is 6.46. The van der Waals surface area contributed by atoms with Crippen molar-refractivity contribution in [1.82, 2.24) is 0 Å². The highest BCUT2D eigenvalue weighted by molar-refractivity contribution is 5.53. The van der Waals surface area contributed by atoms with Crippen LogP contribution in [0, 0.1) is 18.3 Å². The molecule has 1 fully saturated rings. The number of aryl methyl sites for hydroxylation is 1. The van der Waals surface area contributed by atoms with Gasteiger partial charge in [0.25, 0.3) is 5.82 Å². The summed E-state index contributed by atoms with van der Waals surface area (Å²) in [6, 6.07) is 4.65. The van der Waals surface area contributed by atoms with E-state index < -0.39 is 0 Å². The summed E-state index contributed by atoms with van der Waals surface area (Å²) in [5.41, 5.74) is 2.98. The van der Waals surface area contributed by atoms with Gasteiger partial charge in [-0.05, 0) is 40.7 Å². The highest BCUT2D eigenvalue weighted by Crippen LogP contribution is 2.25. The van der Waals surface area contributed by atoms with Gasteiger partial charge in [0.15, 0.2) is 0 Å². The number of nitrogens with zero attached hydrogens (tertiary/aromatic N) is 1. The zero-order chi connectivity index (χ0) is 17.3. The van der Waals surface area contributed by atoms with Gasteiger partial charge < -0.3 is 10.1 Å². The second-order valence-electron chi connectivity index (χ2n) is 8.14. The smallest absolute Gasteiger partial charge is 0.291 e. The number of hydrogen-bond acceptors (Lipinski definition) is 3. The number of nitrogens with two attached hydrogens (primary N) is 1. The van der Waals surface area contributed by atoms with Gasteiger partial charge >= 0.3 is 0 Å². The van der Waals surface area contributed by atoms with Crippen LogP contribution in [0.4, 0.5) is 5.82 Å². The predicted octanol–water partition coefficient (Wildman–Crippen LogP) is 1.52. The van der Waals surface area contributed by atoms with Crippen molar-refractivity contribution in [3.63, 3.8) is 0 Å². The topological polar surface area (TPSA) is 75.8 Å². The minimum absolute atomic E-state index is 0.186. The monoisotopic (exact) mass is 318 g/mol. The summed E-state index contributed by atoms with van der Waals surface area (Å²) in [7, 11) is 1.66. The molecule has 0 unspecified atom stereocenters. The Morgan fingerprint density at radius 2 is 1.96 bits per heavy atom. The second-order valence-corrected chi connectivity index (χ2v) is 8.14. The molecule has 1 aliphatic heterocycles. The van der Waals surface area contributed by atoms with E-state index in [0.717, 1.165) is 29.9 Å². The maximum Gasteiger partial charge on any atom is 0.291 e. The van der Waals surface area contributed by atoms with Gasteiger partial charge in [0.05, 0.1) is 23.4 Å². The number of ether oxygens (including phenoxy) is 1. The molecule has 0 amide bonds. The number of nitrogens with one attached hydrogen (secondary N) is 2. The van der Waals surface area contributed by atoms with Gasteiger partial charge in [0.1, 0.15) is 17.7 Å². The van der Waals surface area contributed by atoms with Crippen LogP contribution in [0.25, 0.3) is 0 Å². The van der Waals surface area contributed by atoms with Crippen LogP contribution in [-0.4, -0.2) is 24.2 Å². The molecule has 0 bridgehead atoms. The number of rotatable bonds is 4. The zero-order valence-corrected chi connectivity index (χ0v) is 15.2. The molecule has 0 atom stereocenters. The van der Waals surface area contributed by atoms with Crippen molar-refractivity contribution in [3.05, 3.63) is 22.9 Å². The summed E-state index contributed by atoms with van der Waals surface area (Å²) < 4.78 is 5.24. The number of methoxy groups -OCH3 is 1. The average molecular weight is 318 g/mol. The maximum absolute atomic E-state index is 9.58. The van der Waals surface area contributed by atoms with Crippen molar-refractivity contribution in [2.75, 3.05) is 12.4 Å². The van der Waals surface area contributed by atoms with E-state index in [0.29, 0.717) is 18.2 Å². The molecule has 5 nitrogen and oxygen atoms in total. The fourth-order valence-corrected chi connectivity index (χ4v) is 4.12. The minimum atomic E-state index is 0.186. The van der Waals surface area contributed by atoms with Crippen LogP contribution >= 0.6 is 0 Å². The SMILES string of the molecule is COCc1cc(C)[nH+]c(NC2CC(C)(C)[NH2+]C(C)(C)C2)c1C#N.